The van der Waals surface area contributed by atoms with Gasteiger partial charge in [0.25, 0.3) is 5.91 Å². The highest BCUT2D eigenvalue weighted by Crippen LogP contribution is 2.30. The first-order valence-electron chi connectivity index (χ1n) is 6.61. The van der Waals surface area contributed by atoms with Crippen LogP contribution in [-0.4, -0.2) is 17.0 Å². The predicted octanol–water partition coefficient (Wildman–Crippen LogP) is 4.10. The molecular weight excluding hydrogens is 330 g/mol. The van der Waals surface area contributed by atoms with Gasteiger partial charge >= 0.3 is 12.1 Å². The van der Waals surface area contributed by atoms with Crippen LogP contribution >= 0.6 is 0 Å². The number of aryl methyl sites for hydroxylation is 1. The fourth-order valence-corrected chi connectivity index (χ4v) is 2.00. The maximum atomic E-state index is 13.7. The molecule has 0 aliphatic rings. The van der Waals surface area contributed by atoms with E-state index in [0.29, 0.717) is 23.8 Å². The van der Waals surface area contributed by atoms with Gasteiger partial charge in [0.2, 0.25) is 0 Å². The average Bonchev–Trinajstić information content (AvgIpc) is 2.48. The summed E-state index contributed by atoms with van der Waals surface area (Å²) in [6.07, 6.45) is -4.72. The lowest BCUT2D eigenvalue weighted by Crippen LogP contribution is -2.16. The molecule has 0 fully saturated rings. The molecule has 1 amide bonds. The molecule has 0 spiro atoms. The van der Waals surface area contributed by atoms with Crippen LogP contribution in [0.5, 0.6) is 0 Å². The second kappa shape index (κ2) is 6.31. The number of halogens is 4. The lowest BCUT2D eigenvalue weighted by atomic mass is 10.1. The predicted molar refractivity (Wildman–Crippen MR) is 77.5 cm³/mol. The normalized spacial score (nSPS) is 11.2. The topological polar surface area (TPSA) is 66.4 Å². The van der Waals surface area contributed by atoms with Crippen LogP contribution in [0.1, 0.15) is 31.8 Å². The van der Waals surface area contributed by atoms with Crippen molar-refractivity contribution in [1.82, 2.24) is 0 Å². The van der Waals surface area contributed by atoms with Gasteiger partial charge in [0, 0.05) is 5.69 Å². The van der Waals surface area contributed by atoms with Gasteiger partial charge in [-0.2, -0.15) is 13.2 Å². The van der Waals surface area contributed by atoms with Gasteiger partial charge in [-0.1, -0.05) is 6.07 Å². The number of carboxylic acid groups (broad SMARTS) is 1. The first kappa shape index (κ1) is 17.5. The average molecular weight is 341 g/mol. The van der Waals surface area contributed by atoms with Crippen LogP contribution in [0.3, 0.4) is 0 Å². The van der Waals surface area contributed by atoms with E-state index >= 15 is 0 Å². The Kier molecular flexibility index (Phi) is 4.59. The van der Waals surface area contributed by atoms with Crippen molar-refractivity contribution in [2.45, 2.75) is 13.1 Å². The lowest BCUT2D eigenvalue weighted by molar-refractivity contribution is -0.137. The van der Waals surface area contributed by atoms with Crippen molar-refractivity contribution in [2.24, 2.45) is 0 Å². The third-order valence-corrected chi connectivity index (χ3v) is 3.26. The Morgan fingerprint density at radius 2 is 1.71 bits per heavy atom. The lowest BCUT2D eigenvalue weighted by Gasteiger charge is -2.11. The molecular formula is C16H11F4NO3. The van der Waals surface area contributed by atoms with Gasteiger partial charge < -0.3 is 10.4 Å². The van der Waals surface area contributed by atoms with E-state index in [1.807, 2.05) is 0 Å². The van der Waals surface area contributed by atoms with E-state index < -0.39 is 35.0 Å². The number of carbonyl (C=O) groups excluding carboxylic acids is 1. The molecule has 0 unspecified atom stereocenters. The Morgan fingerprint density at radius 3 is 2.29 bits per heavy atom. The fourth-order valence-electron chi connectivity index (χ4n) is 2.00. The van der Waals surface area contributed by atoms with Crippen molar-refractivity contribution in [3.63, 3.8) is 0 Å². The van der Waals surface area contributed by atoms with E-state index in [-0.39, 0.29) is 11.3 Å². The number of benzene rings is 2. The molecule has 4 nitrogen and oxygen atoms in total. The number of carbonyl (C=O) groups is 2. The number of rotatable bonds is 3. The summed E-state index contributed by atoms with van der Waals surface area (Å²) in [4.78, 5) is 23.1. The summed E-state index contributed by atoms with van der Waals surface area (Å²) in [6.45, 7) is 1.54. The summed E-state index contributed by atoms with van der Waals surface area (Å²) in [5.41, 5.74) is -1.57. The molecule has 2 N–H and O–H groups in total. The van der Waals surface area contributed by atoms with Gasteiger partial charge in [-0.15, -0.1) is 0 Å². The first-order chi connectivity index (χ1) is 11.1. The number of hydrogen-bond acceptors (Lipinski definition) is 2. The molecule has 0 aliphatic carbocycles. The van der Waals surface area contributed by atoms with Crippen molar-refractivity contribution in [2.75, 3.05) is 5.32 Å². The maximum Gasteiger partial charge on any atom is 0.416 e. The van der Waals surface area contributed by atoms with Gasteiger partial charge in [-0.25, -0.2) is 9.18 Å². The summed E-state index contributed by atoms with van der Waals surface area (Å²) < 4.78 is 51.6. The van der Waals surface area contributed by atoms with Crippen LogP contribution in [0, 0.1) is 12.7 Å². The molecule has 24 heavy (non-hydrogen) atoms. The largest absolute Gasteiger partial charge is 0.478 e. The monoisotopic (exact) mass is 341 g/mol. The number of amides is 1. The molecule has 0 heterocycles. The van der Waals surface area contributed by atoms with E-state index in [4.69, 9.17) is 5.11 Å². The fraction of sp³-hybridized carbons (Fsp3) is 0.125. The molecule has 0 atom stereocenters. The van der Waals surface area contributed by atoms with Crippen LogP contribution in [0.4, 0.5) is 23.2 Å². The highest BCUT2D eigenvalue weighted by molar-refractivity contribution is 6.05. The molecule has 0 radical (unpaired) electrons. The van der Waals surface area contributed by atoms with Crippen molar-refractivity contribution in [3.8, 4) is 0 Å². The molecule has 126 valence electrons. The van der Waals surface area contributed by atoms with Crippen LogP contribution in [0.25, 0.3) is 0 Å². The molecule has 0 saturated heterocycles. The minimum Gasteiger partial charge on any atom is -0.478 e. The number of alkyl halides is 3. The second-order valence-corrected chi connectivity index (χ2v) is 4.98. The zero-order valence-corrected chi connectivity index (χ0v) is 12.2. The molecule has 8 heteroatoms. The standard InChI is InChI=1S/C16H11F4NO3/c1-8-2-4-10(7-11(8)15(23)24)21-14(22)12-6-9(16(18,19)20)3-5-13(12)17/h2-7H,1H3,(H,21,22)(H,23,24). The molecule has 0 aromatic heterocycles. The van der Waals surface area contributed by atoms with Gasteiger partial charge in [0.15, 0.2) is 0 Å². The van der Waals surface area contributed by atoms with Crippen molar-refractivity contribution >= 4 is 17.6 Å². The molecule has 0 saturated carbocycles. The highest BCUT2D eigenvalue weighted by atomic mass is 19.4. The highest BCUT2D eigenvalue weighted by Gasteiger charge is 2.32. The summed E-state index contributed by atoms with van der Waals surface area (Å²) in [5, 5.41) is 11.2. The second-order valence-electron chi connectivity index (χ2n) is 4.98. The van der Waals surface area contributed by atoms with Gasteiger partial charge in [0.1, 0.15) is 5.82 Å². The van der Waals surface area contributed by atoms with E-state index in [1.54, 1.807) is 6.92 Å². The zero-order valence-electron chi connectivity index (χ0n) is 12.2. The van der Waals surface area contributed by atoms with Crippen molar-refractivity contribution < 1.29 is 32.3 Å². The van der Waals surface area contributed by atoms with Crippen LogP contribution in [0.15, 0.2) is 36.4 Å². The van der Waals surface area contributed by atoms with Gasteiger partial charge in [-0.3, -0.25) is 4.79 Å². The summed E-state index contributed by atoms with van der Waals surface area (Å²) in [6, 6.07) is 5.40. The Balaban J connectivity index is 2.34. The molecule has 2 aromatic carbocycles. The number of aromatic carboxylic acids is 1. The third-order valence-electron chi connectivity index (χ3n) is 3.26. The molecule has 2 aromatic rings. The third kappa shape index (κ3) is 3.70. The number of carboxylic acids is 1. The maximum absolute atomic E-state index is 13.7. The van der Waals surface area contributed by atoms with Crippen LogP contribution in [0.2, 0.25) is 0 Å². The Labute approximate surface area is 133 Å². The summed E-state index contributed by atoms with van der Waals surface area (Å²) in [5.74, 6) is -3.46. The number of hydrogen-bond donors (Lipinski definition) is 2. The van der Waals surface area contributed by atoms with Crippen molar-refractivity contribution in [1.29, 1.82) is 0 Å². The molecule has 2 rings (SSSR count). The number of anilines is 1. The zero-order chi connectivity index (χ0) is 18.1. The van der Waals surface area contributed by atoms with Crippen molar-refractivity contribution in [3.05, 3.63) is 64.5 Å². The molecule has 0 bridgehead atoms. The van der Waals surface area contributed by atoms with E-state index in [1.165, 1.54) is 12.1 Å². The van der Waals surface area contributed by atoms with Crippen LogP contribution < -0.4 is 5.32 Å². The smallest absolute Gasteiger partial charge is 0.416 e. The minimum atomic E-state index is -4.72. The van der Waals surface area contributed by atoms with Crippen LogP contribution in [-0.2, 0) is 6.18 Å². The summed E-state index contributed by atoms with van der Waals surface area (Å²) >= 11 is 0. The Morgan fingerprint density at radius 1 is 1.04 bits per heavy atom. The van der Waals surface area contributed by atoms with E-state index in [2.05, 4.69) is 5.32 Å². The Bertz CT molecular complexity index is 815. The number of nitrogens with one attached hydrogen (secondary N) is 1. The Hall–Kier alpha value is -2.90. The van der Waals surface area contributed by atoms with Gasteiger partial charge in [0.05, 0.1) is 16.7 Å². The summed E-state index contributed by atoms with van der Waals surface area (Å²) in [7, 11) is 0. The first-order valence-corrected chi connectivity index (χ1v) is 6.61. The minimum absolute atomic E-state index is 0.0276. The quantitative estimate of drug-likeness (QED) is 0.826. The molecule has 0 aliphatic heterocycles. The van der Waals surface area contributed by atoms with E-state index in [0.717, 1.165) is 6.07 Å². The van der Waals surface area contributed by atoms with Gasteiger partial charge in [-0.05, 0) is 42.8 Å². The van der Waals surface area contributed by atoms with E-state index in [9.17, 15) is 27.2 Å². The SMILES string of the molecule is Cc1ccc(NC(=O)c2cc(C(F)(F)F)ccc2F)cc1C(=O)O.